The van der Waals surface area contributed by atoms with E-state index in [1.165, 1.54) is 12.0 Å². The van der Waals surface area contributed by atoms with E-state index >= 15 is 0 Å². The molecule has 0 radical (unpaired) electrons. The molecule has 0 saturated heterocycles. The van der Waals surface area contributed by atoms with E-state index in [1.54, 1.807) is 11.3 Å². The van der Waals surface area contributed by atoms with E-state index < -0.39 is 6.04 Å². The van der Waals surface area contributed by atoms with Crippen molar-refractivity contribution in [3.8, 4) is 0 Å². The van der Waals surface area contributed by atoms with Crippen LogP contribution in [0.2, 0.25) is 0 Å². The summed E-state index contributed by atoms with van der Waals surface area (Å²) in [4.78, 5) is 27.8. The van der Waals surface area contributed by atoms with Gasteiger partial charge in [0.2, 0.25) is 5.91 Å². The SMILES string of the molecule is CCC(C)C(NC(=O)CN(Cc1cccs1)C1CC1)C(=O)OC. The van der Waals surface area contributed by atoms with Crippen molar-refractivity contribution >= 4 is 23.2 Å². The van der Waals surface area contributed by atoms with Gasteiger partial charge >= 0.3 is 5.97 Å². The van der Waals surface area contributed by atoms with Crippen LogP contribution in [0.25, 0.3) is 0 Å². The van der Waals surface area contributed by atoms with Crippen LogP contribution in [-0.4, -0.2) is 42.5 Å². The zero-order chi connectivity index (χ0) is 16.8. The standard InChI is InChI=1S/C17H26N2O3S/c1-4-12(2)16(17(21)22-3)18-15(20)11-19(13-7-8-13)10-14-6-5-9-23-14/h5-6,9,12-13,16H,4,7-8,10-11H2,1-3H3,(H,18,20). The lowest BCUT2D eigenvalue weighted by Gasteiger charge is -2.25. The quantitative estimate of drug-likeness (QED) is 0.703. The monoisotopic (exact) mass is 338 g/mol. The highest BCUT2D eigenvalue weighted by Crippen LogP contribution is 2.28. The Morgan fingerprint density at radius 2 is 2.22 bits per heavy atom. The van der Waals surface area contributed by atoms with E-state index in [0.29, 0.717) is 12.6 Å². The Balaban J connectivity index is 1.93. The van der Waals surface area contributed by atoms with Gasteiger partial charge in [-0.05, 0) is 30.2 Å². The molecule has 1 amide bonds. The summed E-state index contributed by atoms with van der Waals surface area (Å²) in [7, 11) is 1.36. The maximum Gasteiger partial charge on any atom is 0.328 e. The fourth-order valence-corrected chi connectivity index (χ4v) is 3.29. The predicted molar refractivity (Wildman–Crippen MR) is 91.2 cm³/mol. The molecular weight excluding hydrogens is 312 g/mol. The number of carbonyl (C=O) groups excluding carboxylic acids is 2. The molecule has 5 nitrogen and oxygen atoms in total. The smallest absolute Gasteiger partial charge is 0.328 e. The van der Waals surface area contributed by atoms with Gasteiger partial charge in [0.25, 0.3) is 0 Å². The van der Waals surface area contributed by atoms with E-state index in [4.69, 9.17) is 4.74 Å². The first-order valence-corrected chi connectivity index (χ1v) is 9.06. The second-order valence-electron chi connectivity index (χ2n) is 6.17. The van der Waals surface area contributed by atoms with Gasteiger partial charge < -0.3 is 10.1 Å². The molecule has 1 saturated carbocycles. The van der Waals surface area contributed by atoms with Crippen LogP contribution in [-0.2, 0) is 20.9 Å². The third-order valence-corrected chi connectivity index (χ3v) is 5.19. The largest absolute Gasteiger partial charge is 0.467 e. The van der Waals surface area contributed by atoms with Crippen molar-refractivity contribution in [1.29, 1.82) is 0 Å². The molecule has 0 bridgehead atoms. The van der Waals surface area contributed by atoms with Gasteiger partial charge in [0, 0.05) is 17.5 Å². The maximum absolute atomic E-state index is 12.4. The number of nitrogens with zero attached hydrogens (tertiary/aromatic N) is 1. The molecule has 2 rings (SSSR count). The number of methoxy groups -OCH3 is 1. The molecule has 2 atom stereocenters. The predicted octanol–water partition coefficient (Wildman–Crippen LogP) is 2.42. The first kappa shape index (κ1) is 17.9. The normalized spacial score (nSPS) is 16.9. The van der Waals surface area contributed by atoms with E-state index in [2.05, 4.69) is 21.7 Å². The molecule has 128 valence electrons. The Hall–Kier alpha value is -1.40. The van der Waals surface area contributed by atoms with Crippen LogP contribution in [0.15, 0.2) is 17.5 Å². The minimum atomic E-state index is -0.569. The molecule has 1 fully saturated rings. The Morgan fingerprint density at radius 1 is 1.48 bits per heavy atom. The number of hydrogen-bond acceptors (Lipinski definition) is 5. The van der Waals surface area contributed by atoms with Crippen LogP contribution in [0.4, 0.5) is 0 Å². The summed E-state index contributed by atoms with van der Waals surface area (Å²) in [6.45, 7) is 5.07. The Morgan fingerprint density at radius 3 is 2.74 bits per heavy atom. The van der Waals surface area contributed by atoms with Gasteiger partial charge in [-0.1, -0.05) is 26.3 Å². The van der Waals surface area contributed by atoms with Crippen LogP contribution in [0, 0.1) is 5.92 Å². The van der Waals surface area contributed by atoms with E-state index in [-0.39, 0.29) is 17.8 Å². The van der Waals surface area contributed by atoms with Gasteiger partial charge in [-0.3, -0.25) is 9.69 Å². The summed E-state index contributed by atoms with van der Waals surface area (Å²) in [6, 6.07) is 4.04. The van der Waals surface area contributed by atoms with Crippen molar-refractivity contribution in [1.82, 2.24) is 10.2 Å². The summed E-state index contributed by atoms with van der Waals surface area (Å²) in [5.74, 6) is -0.425. The summed E-state index contributed by atoms with van der Waals surface area (Å²) < 4.78 is 4.82. The molecule has 0 aromatic carbocycles. The molecule has 1 aromatic rings. The van der Waals surface area contributed by atoms with Crippen molar-refractivity contribution in [3.63, 3.8) is 0 Å². The zero-order valence-electron chi connectivity index (χ0n) is 14.1. The van der Waals surface area contributed by atoms with Gasteiger partial charge in [-0.2, -0.15) is 0 Å². The highest BCUT2D eigenvalue weighted by atomic mass is 32.1. The first-order valence-electron chi connectivity index (χ1n) is 8.18. The van der Waals surface area contributed by atoms with E-state index in [9.17, 15) is 9.59 Å². The van der Waals surface area contributed by atoms with Crippen molar-refractivity contribution < 1.29 is 14.3 Å². The minimum Gasteiger partial charge on any atom is -0.467 e. The Kier molecular flexibility index (Phi) is 6.59. The third-order valence-electron chi connectivity index (χ3n) is 4.33. The van der Waals surface area contributed by atoms with E-state index in [0.717, 1.165) is 25.8 Å². The molecule has 1 N–H and O–H groups in total. The highest BCUT2D eigenvalue weighted by molar-refractivity contribution is 7.09. The Bertz CT molecular complexity index is 514. The van der Waals surface area contributed by atoms with Gasteiger partial charge in [-0.25, -0.2) is 4.79 Å². The van der Waals surface area contributed by atoms with Gasteiger partial charge in [0.05, 0.1) is 13.7 Å². The lowest BCUT2D eigenvalue weighted by molar-refractivity contribution is -0.146. The topological polar surface area (TPSA) is 58.6 Å². The molecule has 1 aromatic heterocycles. The molecule has 1 heterocycles. The van der Waals surface area contributed by atoms with Crippen LogP contribution in [0.3, 0.4) is 0 Å². The summed E-state index contributed by atoms with van der Waals surface area (Å²) in [6.07, 6.45) is 3.09. The number of esters is 1. The average molecular weight is 338 g/mol. The molecule has 0 aliphatic heterocycles. The summed E-state index contributed by atoms with van der Waals surface area (Å²) in [5, 5.41) is 4.91. The molecule has 23 heavy (non-hydrogen) atoms. The lowest BCUT2D eigenvalue weighted by atomic mass is 9.99. The van der Waals surface area contributed by atoms with Gasteiger partial charge in [0.15, 0.2) is 0 Å². The van der Waals surface area contributed by atoms with Crippen LogP contribution in [0.1, 0.15) is 38.0 Å². The number of rotatable bonds is 9. The highest BCUT2D eigenvalue weighted by Gasteiger charge is 2.32. The van der Waals surface area contributed by atoms with Crippen LogP contribution < -0.4 is 5.32 Å². The fourth-order valence-electron chi connectivity index (χ4n) is 2.56. The second-order valence-corrected chi connectivity index (χ2v) is 7.20. The van der Waals surface area contributed by atoms with Gasteiger partial charge in [-0.15, -0.1) is 11.3 Å². The minimum absolute atomic E-state index is 0.0538. The Labute approximate surface area is 142 Å². The molecule has 0 spiro atoms. The van der Waals surface area contributed by atoms with Crippen molar-refractivity contribution in [3.05, 3.63) is 22.4 Å². The number of carbonyl (C=O) groups is 2. The average Bonchev–Trinajstić information content (AvgIpc) is 3.28. The molecule has 1 aliphatic rings. The number of nitrogens with one attached hydrogen (secondary N) is 1. The zero-order valence-corrected chi connectivity index (χ0v) is 14.9. The molecular formula is C17H26N2O3S. The molecule has 6 heteroatoms. The number of amides is 1. The van der Waals surface area contributed by atoms with Crippen molar-refractivity contribution in [2.24, 2.45) is 5.92 Å². The second kappa shape index (κ2) is 8.45. The number of hydrogen-bond donors (Lipinski definition) is 1. The summed E-state index contributed by atoms with van der Waals surface area (Å²) in [5.41, 5.74) is 0. The van der Waals surface area contributed by atoms with Crippen LogP contribution >= 0.6 is 11.3 Å². The molecule has 2 unspecified atom stereocenters. The van der Waals surface area contributed by atoms with Crippen molar-refractivity contribution in [2.75, 3.05) is 13.7 Å². The van der Waals surface area contributed by atoms with Crippen LogP contribution in [0.5, 0.6) is 0 Å². The number of ether oxygens (including phenoxy) is 1. The first-order chi connectivity index (χ1) is 11.0. The van der Waals surface area contributed by atoms with E-state index in [1.807, 2.05) is 19.9 Å². The fraction of sp³-hybridized carbons (Fsp3) is 0.647. The maximum atomic E-state index is 12.4. The number of thiophene rings is 1. The summed E-state index contributed by atoms with van der Waals surface area (Å²) >= 11 is 1.71. The molecule has 1 aliphatic carbocycles. The third kappa shape index (κ3) is 5.32. The van der Waals surface area contributed by atoms with Gasteiger partial charge in [0.1, 0.15) is 6.04 Å². The van der Waals surface area contributed by atoms with Crippen molar-refractivity contribution in [2.45, 2.75) is 51.7 Å². The lowest BCUT2D eigenvalue weighted by Crippen LogP contribution is -2.49.